The minimum Gasteiger partial charge on any atom is -0.493 e. The molecule has 2 unspecified atom stereocenters. The van der Waals surface area contributed by atoms with Gasteiger partial charge in [-0.2, -0.15) is 0 Å². The number of carbonyl (C=O) groups is 3. The predicted molar refractivity (Wildman–Crippen MR) is 95.6 cm³/mol. The Morgan fingerprint density at radius 2 is 1.96 bits per heavy atom. The molecule has 140 valence electrons. The highest BCUT2D eigenvalue weighted by Gasteiger charge is 2.40. The van der Waals surface area contributed by atoms with E-state index < -0.39 is 6.04 Å². The zero-order valence-corrected chi connectivity index (χ0v) is 15.0. The van der Waals surface area contributed by atoms with Crippen LogP contribution >= 0.6 is 0 Å². The Morgan fingerprint density at radius 3 is 2.65 bits per heavy atom. The molecule has 2 heterocycles. The molecular weight excluding hydrogens is 334 g/mol. The van der Waals surface area contributed by atoms with E-state index in [1.54, 1.807) is 28.0 Å². The van der Waals surface area contributed by atoms with Gasteiger partial charge >= 0.3 is 0 Å². The van der Waals surface area contributed by atoms with Gasteiger partial charge in [-0.25, -0.2) is 0 Å². The second kappa shape index (κ2) is 7.76. The first-order chi connectivity index (χ1) is 12.5. The van der Waals surface area contributed by atoms with Gasteiger partial charge < -0.3 is 20.3 Å². The summed E-state index contributed by atoms with van der Waals surface area (Å²) in [5, 5.41) is 0. The third-order valence-electron chi connectivity index (χ3n) is 5.12. The number of para-hydroxylation sites is 1. The molecule has 2 aliphatic rings. The van der Waals surface area contributed by atoms with Crippen molar-refractivity contribution in [3.05, 3.63) is 29.8 Å². The molecule has 2 aliphatic heterocycles. The van der Waals surface area contributed by atoms with Gasteiger partial charge in [0.05, 0.1) is 18.1 Å². The van der Waals surface area contributed by atoms with Gasteiger partial charge in [0.1, 0.15) is 11.8 Å². The second-order valence-corrected chi connectivity index (χ2v) is 6.76. The molecule has 1 aromatic carbocycles. The highest BCUT2D eigenvalue weighted by atomic mass is 16.5. The van der Waals surface area contributed by atoms with E-state index in [1.807, 2.05) is 13.0 Å². The summed E-state index contributed by atoms with van der Waals surface area (Å²) in [5.41, 5.74) is 5.83. The van der Waals surface area contributed by atoms with Crippen LogP contribution < -0.4 is 10.5 Å². The monoisotopic (exact) mass is 359 g/mol. The molecule has 3 amide bonds. The van der Waals surface area contributed by atoms with Crippen LogP contribution in [0.4, 0.5) is 0 Å². The lowest BCUT2D eigenvalue weighted by Gasteiger charge is -2.28. The lowest BCUT2D eigenvalue weighted by molar-refractivity contribution is -0.134. The van der Waals surface area contributed by atoms with Gasteiger partial charge in [-0.1, -0.05) is 12.1 Å². The maximum absolute atomic E-state index is 13.0. The molecule has 7 heteroatoms. The standard InChI is InChI=1S/C19H25N3O4/c1-2-26-16-8-4-3-6-14(16)18(24)22-10-5-7-15(22)19(25)21-11-9-13(12-21)17(20)23/h3-4,6,8,13,15H,2,5,7,9-12H2,1H3,(H2,20,23). The van der Waals surface area contributed by atoms with Crippen LogP contribution in [0.2, 0.25) is 0 Å². The van der Waals surface area contributed by atoms with E-state index in [1.165, 1.54) is 0 Å². The number of hydrogen-bond acceptors (Lipinski definition) is 4. The first kappa shape index (κ1) is 18.2. The van der Waals surface area contributed by atoms with E-state index in [9.17, 15) is 14.4 Å². The van der Waals surface area contributed by atoms with Crippen molar-refractivity contribution in [2.75, 3.05) is 26.2 Å². The molecule has 3 rings (SSSR count). The Balaban J connectivity index is 1.75. The van der Waals surface area contributed by atoms with Gasteiger partial charge in [-0.15, -0.1) is 0 Å². The molecule has 0 aromatic heterocycles. The summed E-state index contributed by atoms with van der Waals surface area (Å²) in [6.07, 6.45) is 2.01. The van der Waals surface area contributed by atoms with Gasteiger partial charge in [0.15, 0.2) is 0 Å². The number of rotatable bonds is 5. The van der Waals surface area contributed by atoms with Crippen molar-refractivity contribution >= 4 is 17.7 Å². The molecule has 2 N–H and O–H groups in total. The van der Waals surface area contributed by atoms with Crippen molar-refractivity contribution in [2.45, 2.75) is 32.2 Å². The number of ether oxygens (including phenoxy) is 1. The van der Waals surface area contributed by atoms with Gasteiger partial charge in [-0.3, -0.25) is 14.4 Å². The van der Waals surface area contributed by atoms with Gasteiger partial charge in [0.2, 0.25) is 11.8 Å². The minimum atomic E-state index is -0.483. The Labute approximate surface area is 153 Å². The van der Waals surface area contributed by atoms with Crippen LogP contribution in [0.15, 0.2) is 24.3 Å². The number of hydrogen-bond donors (Lipinski definition) is 1. The highest BCUT2D eigenvalue weighted by Crippen LogP contribution is 2.27. The molecule has 0 saturated carbocycles. The molecule has 7 nitrogen and oxygen atoms in total. The lowest BCUT2D eigenvalue weighted by Crippen LogP contribution is -2.47. The number of benzene rings is 1. The Bertz CT molecular complexity index is 706. The molecule has 0 bridgehead atoms. The van der Waals surface area contributed by atoms with E-state index >= 15 is 0 Å². The summed E-state index contributed by atoms with van der Waals surface area (Å²) in [7, 11) is 0. The van der Waals surface area contributed by atoms with Crippen LogP contribution in [0, 0.1) is 5.92 Å². The number of carbonyl (C=O) groups excluding carboxylic acids is 3. The van der Waals surface area contributed by atoms with E-state index in [0.29, 0.717) is 50.4 Å². The van der Waals surface area contributed by atoms with Crippen molar-refractivity contribution in [2.24, 2.45) is 11.7 Å². The van der Waals surface area contributed by atoms with Crippen LogP contribution in [0.3, 0.4) is 0 Å². The highest BCUT2D eigenvalue weighted by molar-refractivity contribution is 6.00. The summed E-state index contributed by atoms with van der Waals surface area (Å²) in [5.74, 6) is -0.398. The molecule has 26 heavy (non-hydrogen) atoms. The van der Waals surface area contributed by atoms with Crippen molar-refractivity contribution in [3.63, 3.8) is 0 Å². The molecule has 0 spiro atoms. The third kappa shape index (κ3) is 3.52. The Kier molecular flexibility index (Phi) is 5.44. The van der Waals surface area contributed by atoms with E-state index in [4.69, 9.17) is 10.5 Å². The number of primary amides is 1. The van der Waals surface area contributed by atoms with Crippen LogP contribution in [0.5, 0.6) is 5.75 Å². The summed E-state index contributed by atoms with van der Waals surface area (Å²) in [6.45, 7) is 3.74. The summed E-state index contributed by atoms with van der Waals surface area (Å²) >= 11 is 0. The number of nitrogens with two attached hydrogens (primary N) is 1. The molecule has 0 aliphatic carbocycles. The van der Waals surface area contributed by atoms with Crippen LogP contribution in [0.1, 0.15) is 36.5 Å². The number of amides is 3. The van der Waals surface area contributed by atoms with Gasteiger partial charge in [-0.05, 0) is 38.3 Å². The molecular formula is C19H25N3O4. The molecule has 2 fully saturated rings. The molecule has 2 saturated heterocycles. The molecule has 2 atom stereocenters. The average molecular weight is 359 g/mol. The lowest BCUT2D eigenvalue weighted by atomic mass is 10.1. The second-order valence-electron chi connectivity index (χ2n) is 6.76. The Hall–Kier alpha value is -2.57. The maximum Gasteiger partial charge on any atom is 0.258 e. The van der Waals surface area contributed by atoms with Gasteiger partial charge in [0.25, 0.3) is 5.91 Å². The summed E-state index contributed by atoms with van der Waals surface area (Å²) < 4.78 is 5.56. The fourth-order valence-electron chi connectivity index (χ4n) is 3.75. The summed E-state index contributed by atoms with van der Waals surface area (Å²) in [6, 6.07) is 6.63. The first-order valence-corrected chi connectivity index (χ1v) is 9.13. The zero-order chi connectivity index (χ0) is 18.7. The third-order valence-corrected chi connectivity index (χ3v) is 5.12. The largest absolute Gasteiger partial charge is 0.493 e. The predicted octanol–water partition coefficient (Wildman–Crippen LogP) is 1.02. The average Bonchev–Trinajstić information content (AvgIpc) is 3.31. The van der Waals surface area contributed by atoms with Crippen molar-refractivity contribution in [1.29, 1.82) is 0 Å². The topological polar surface area (TPSA) is 92.9 Å². The van der Waals surface area contributed by atoms with Crippen molar-refractivity contribution in [3.8, 4) is 5.75 Å². The molecule has 1 aromatic rings. The first-order valence-electron chi connectivity index (χ1n) is 9.13. The fourth-order valence-corrected chi connectivity index (χ4v) is 3.75. The van der Waals surface area contributed by atoms with Crippen molar-refractivity contribution in [1.82, 2.24) is 9.80 Å². The van der Waals surface area contributed by atoms with Crippen LogP contribution in [0.25, 0.3) is 0 Å². The molecule has 0 radical (unpaired) electrons. The quantitative estimate of drug-likeness (QED) is 0.850. The van der Waals surface area contributed by atoms with E-state index in [2.05, 4.69) is 0 Å². The number of nitrogens with zero attached hydrogens (tertiary/aromatic N) is 2. The van der Waals surface area contributed by atoms with E-state index in [0.717, 1.165) is 6.42 Å². The van der Waals surface area contributed by atoms with Gasteiger partial charge in [0, 0.05) is 19.6 Å². The van der Waals surface area contributed by atoms with Crippen LogP contribution in [-0.2, 0) is 9.59 Å². The van der Waals surface area contributed by atoms with E-state index in [-0.39, 0.29) is 23.6 Å². The van der Waals surface area contributed by atoms with Crippen LogP contribution in [-0.4, -0.2) is 59.8 Å². The Morgan fingerprint density at radius 1 is 1.19 bits per heavy atom. The fraction of sp³-hybridized carbons (Fsp3) is 0.526. The summed E-state index contributed by atoms with van der Waals surface area (Å²) in [4.78, 5) is 40.6. The van der Waals surface area contributed by atoms with Crippen molar-refractivity contribution < 1.29 is 19.1 Å². The maximum atomic E-state index is 13.0. The number of likely N-dealkylation sites (tertiary alicyclic amines) is 2. The smallest absolute Gasteiger partial charge is 0.258 e. The minimum absolute atomic E-state index is 0.0894. The normalized spacial score (nSPS) is 22.5. The SMILES string of the molecule is CCOc1ccccc1C(=O)N1CCCC1C(=O)N1CCC(C(N)=O)C1. The zero-order valence-electron chi connectivity index (χ0n) is 15.0.